The Morgan fingerprint density at radius 2 is 1.65 bits per heavy atom. The van der Waals surface area contributed by atoms with Crippen molar-refractivity contribution in [2.45, 2.75) is 98.9 Å². The van der Waals surface area contributed by atoms with Crippen LogP contribution in [0.5, 0.6) is 5.88 Å². The van der Waals surface area contributed by atoms with E-state index >= 15 is 0 Å². The monoisotopic (exact) mass is 545 g/mol. The van der Waals surface area contributed by atoms with Crippen molar-refractivity contribution in [1.29, 1.82) is 0 Å². The number of benzene rings is 2. The van der Waals surface area contributed by atoms with Gasteiger partial charge in [-0.2, -0.15) is 4.98 Å². The van der Waals surface area contributed by atoms with Crippen LogP contribution in [0.4, 0.5) is 0 Å². The highest BCUT2D eigenvalue weighted by molar-refractivity contribution is 5.95. The van der Waals surface area contributed by atoms with Crippen molar-refractivity contribution in [3.63, 3.8) is 0 Å². The molecule has 3 aromatic rings. The molecule has 1 saturated carbocycles. The Labute approximate surface area is 241 Å². The minimum atomic E-state index is -0.100. The first kappa shape index (κ1) is 29.7. The zero-order valence-electron chi connectivity index (χ0n) is 25.4. The maximum atomic E-state index is 14.1. The summed E-state index contributed by atoms with van der Waals surface area (Å²) < 4.78 is 12.5. The van der Waals surface area contributed by atoms with Crippen LogP contribution in [0.2, 0.25) is 0 Å². The third kappa shape index (κ3) is 7.28. The van der Waals surface area contributed by atoms with Gasteiger partial charge in [0, 0.05) is 24.7 Å². The predicted octanol–water partition coefficient (Wildman–Crippen LogP) is 7.52. The minimum Gasteiger partial charge on any atom is -0.475 e. The molecule has 0 saturated heterocycles. The summed E-state index contributed by atoms with van der Waals surface area (Å²) >= 11 is 0. The molecule has 1 aromatic heterocycles. The fourth-order valence-corrected chi connectivity index (χ4v) is 5.77. The van der Waals surface area contributed by atoms with Crippen LogP contribution in [0.3, 0.4) is 0 Å². The molecule has 2 aromatic carbocycles. The van der Waals surface area contributed by atoms with Gasteiger partial charge in [-0.25, -0.2) is 4.98 Å². The molecule has 1 aliphatic carbocycles. The first-order valence-corrected chi connectivity index (χ1v) is 14.6. The summed E-state index contributed by atoms with van der Waals surface area (Å²) in [6, 6.07) is 16.1. The van der Waals surface area contributed by atoms with Crippen LogP contribution in [0.15, 0.2) is 48.5 Å². The highest BCUT2D eigenvalue weighted by Crippen LogP contribution is 2.34. The Kier molecular flexibility index (Phi) is 9.62. The van der Waals surface area contributed by atoms with Crippen LogP contribution >= 0.6 is 0 Å². The molecule has 6 nitrogen and oxygen atoms in total. The molecule has 0 radical (unpaired) electrons. The Morgan fingerprint density at radius 3 is 2.27 bits per heavy atom. The minimum absolute atomic E-state index is 0. The Morgan fingerprint density at radius 1 is 0.975 bits per heavy atom. The number of carbonyl (C=O) groups excluding carboxylic acids is 1. The molecular weight excluding hydrogens is 498 g/mol. The van der Waals surface area contributed by atoms with Gasteiger partial charge in [0.05, 0.1) is 23.9 Å². The molecule has 1 amide bonds. The van der Waals surface area contributed by atoms with Gasteiger partial charge in [0.2, 0.25) is 5.88 Å². The molecule has 0 bridgehead atoms. The maximum Gasteiger partial charge on any atom is 0.254 e. The third-order valence-corrected chi connectivity index (χ3v) is 7.54. The van der Waals surface area contributed by atoms with Crippen LogP contribution in [0, 0.1) is 33.6 Å². The average Bonchev–Trinajstić information content (AvgIpc) is 2.84. The van der Waals surface area contributed by atoms with E-state index < -0.39 is 0 Å². The summed E-state index contributed by atoms with van der Waals surface area (Å²) in [6.07, 6.45) is 2.87. The highest BCUT2D eigenvalue weighted by Gasteiger charge is 2.41. The molecule has 0 N–H and O–H groups in total. The van der Waals surface area contributed by atoms with Gasteiger partial charge in [0.15, 0.2) is 0 Å². The lowest BCUT2D eigenvalue weighted by atomic mass is 9.85. The summed E-state index contributed by atoms with van der Waals surface area (Å²) in [5.41, 5.74) is 6.10. The van der Waals surface area contributed by atoms with E-state index in [1.165, 1.54) is 11.1 Å². The van der Waals surface area contributed by atoms with Crippen LogP contribution in [0.1, 0.15) is 81.3 Å². The fourth-order valence-electron chi connectivity index (χ4n) is 5.77. The second kappa shape index (κ2) is 12.9. The standard InChI is InChI=1S/C34H45N3O3.H2/c1-21(2)15-29(20-39-32-19-31(35-26(8)36-32)33-24(6)12-10-13-25(33)7)37(28-17-30(18-28)40-22(3)4)34(38)27-14-9-11-23(5)16-27;/h9-14,16,19,21-22,28-30H,15,17-18,20H2,1-8H3;1H/t28?,29-,30?;/m1./s1. The summed E-state index contributed by atoms with van der Waals surface area (Å²) in [5, 5.41) is 0. The third-order valence-electron chi connectivity index (χ3n) is 7.54. The molecule has 0 aliphatic heterocycles. The molecule has 1 aliphatic rings. The summed E-state index contributed by atoms with van der Waals surface area (Å²) in [4.78, 5) is 25.5. The van der Waals surface area contributed by atoms with Gasteiger partial charge in [0.25, 0.3) is 5.91 Å². The number of carbonyl (C=O) groups is 1. The van der Waals surface area contributed by atoms with E-state index in [-0.39, 0.29) is 31.6 Å². The topological polar surface area (TPSA) is 64.6 Å². The Bertz CT molecular complexity index is 1300. The Balaban J connectivity index is 0.00000462. The largest absolute Gasteiger partial charge is 0.475 e. The maximum absolute atomic E-state index is 14.1. The number of hydrogen-bond acceptors (Lipinski definition) is 5. The predicted molar refractivity (Wildman–Crippen MR) is 163 cm³/mol. The van der Waals surface area contributed by atoms with Gasteiger partial charge < -0.3 is 14.4 Å². The number of amides is 1. The number of aryl methyl sites for hydroxylation is 4. The lowest BCUT2D eigenvalue weighted by Gasteiger charge is -2.47. The molecule has 4 rings (SSSR count). The normalized spacial score (nSPS) is 17.6. The van der Waals surface area contributed by atoms with Crippen molar-refractivity contribution in [2.75, 3.05) is 6.61 Å². The van der Waals surface area contributed by atoms with Gasteiger partial charge in [-0.15, -0.1) is 0 Å². The lowest BCUT2D eigenvalue weighted by Crippen LogP contribution is -2.56. The van der Waals surface area contributed by atoms with E-state index in [9.17, 15) is 4.79 Å². The van der Waals surface area contributed by atoms with Crippen LogP contribution in [0.25, 0.3) is 11.3 Å². The van der Waals surface area contributed by atoms with Crippen molar-refractivity contribution in [3.8, 4) is 17.1 Å². The van der Waals surface area contributed by atoms with Crippen LogP contribution in [-0.4, -0.2) is 51.7 Å². The van der Waals surface area contributed by atoms with Gasteiger partial charge in [-0.1, -0.05) is 49.7 Å². The lowest BCUT2D eigenvalue weighted by molar-refractivity contribution is -0.0800. The van der Waals surface area contributed by atoms with Gasteiger partial charge in [-0.05, 0) is 90.0 Å². The van der Waals surface area contributed by atoms with E-state index in [4.69, 9.17) is 14.5 Å². The summed E-state index contributed by atoms with van der Waals surface area (Å²) in [7, 11) is 0. The molecule has 1 fully saturated rings. The van der Waals surface area contributed by atoms with E-state index in [2.05, 4.69) is 69.6 Å². The Hall–Kier alpha value is -3.25. The van der Waals surface area contributed by atoms with E-state index in [0.29, 0.717) is 24.2 Å². The van der Waals surface area contributed by atoms with E-state index in [0.717, 1.165) is 41.6 Å². The second-order valence-corrected chi connectivity index (χ2v) is 12.0. The quantitative estimate of drug-likeness (QED) is 0.249. The number of aromatic nitrogens is 2. The van der Waals surface area contributed by atoms with Crippen molar-refractivity contribution in [1.82, 2.24) is 14.9 Å². The van der Waals surface area contributed by atoms with E-state index in [1.807, 2.05) is 44.2 Å². The first-order chi connectivity index (χ1) is 19.0. The molecule has 40 heavy (non-hydrogen) atoms. The molecule has 0 spiro atoms. The molecular formula is C34H47N3O3. The van der Waals surface area contributed by atoms with Gasteiger partial charge >= 0.3 is 0 Å². The first-order valence-electron chi connectivity index (χ1n) is 14.6. The summed E-state index contributed by atoms with van der Waals surface area (Å²) in [5.74, 6) is 1.65. The number of rotatable bonds is 11. The van der Waals surface area contributed by atoms with Gasteiger partial charge in [0.1, 0.15) is 12.4 Å². The van der Waals surface area contributed by atoms with Crippen molar-refractivity contribution >= 4 is 5.91 Å². The molecule has 1 heterocycles. The number of hydrogen-bond donors (Lipinski definition) is 0. The second-order valence-electron chi connectivity index (χ2n) is 12.0. The molecule has 1 atom stereocenters. The fraction of sp³-hybridized carbons (Fsp3) is 0.500. The van der Waals surface area contributed by atoms with Crippen LogP contribution < -0.4 is 4.74 Å². The molecule has 0 unspecified atom stereocenters. The van der Waals surface area contributed by atoms with Crippen molar-refractivity contribution in [2.24, 2.45) is 5.92 Å². The van der Waals surface area contributed by atoms with Crippen molar-refractivity contribution in [3.05, 3.63) is 76.6 Å². The van der Waals surface area contributed by atoms with Gasteiger partial charge in [-0.3, -0.25) is 4.79 Å². The number of nitrogens with zero attached hydrogens (tertiary/aromatic N) is 3. The average molecular weight is 546 g/mol. The number of ether oxygens (including phenoxy) is 2. The highest BCUT2D eigenvalue weighted by atomic mass is 16.5. The summed E-state index contributed by atoms with van der Waals surface area (Å²) in [6.45, 7) is 17.0. The van der Waals surface area contributed by atoms with E-state index in [1.54, 1.807) is 0 Å². The smallest absolute Gasteiger partial charge is 0.254 e. The zero-order valence-corrected chi connectivity index (χ0v) is 25.4. The zero-order chi connectivity index (χ0) is 29.0. The molecule has 216 valence electrons. The molecule has 6 heteroatoms. The van der Waals surface area contributed by atoms with Crippen molar-refractivity contribution < 1.29 is 15.7 Å². The van der Waals surface area contributed by atoms with Crippen LogP contribution in [-0.2, 0) is 4.74 Å². The SMILES string of the molecule is Cc1cccc(C(=O)N(C2CC(OC(C)C)C2)[C@@H](COc2cc(-c3c(C)cccc3C)nc(C)n2)CC(C)C)c1.[HH].